The number of nitrogens with one attached hydrogen (secondary N) is 1. The first-order valence-corrected chi connectivity index (χ1v) is 7.59. The third-order valence-corrected chi connectivity index (χ3v) is 4.79. The number of hydrogen-bond acceptors (Lipinski definition) is 4. The smallest absolute Gasteiger partial charge is 0.246 e. The molecule has 0 spiro atoms. The summed E-state index contributed by atoms with van der Waals surface area (Å²) in [6, 6.07) is 0. The van der Waals surface area contributed by atoms with Gasteiger partial charge in [-0.1, -0.05) is 0 Å². The first kappa shape index (κ1) is 15.4. The van der Waals surface area contributed by atoms with Gasteiger partial charge in [0.15, 0.2) is 0 Å². The van der Waals surface area contributed by atoms with Gasteiger partial charge in [0.05, 0.1) is 7.11 Å². The molecule has 1 aromatic heterocycles. The van der Waals surface area contributed by atoms with Gasteiger partial charge in [-0.2, -0.15) is 0 Å². The third kappa shape index (κ3) is 3.43. The van der Waals surface area contributed by atoms with Crippen LogP contribution in [0.1, 0.15) is 26.3 Å². The van der Waals surface area contributed by atoms with Crippen molar-refractivity contribution >= 4 is 26.0 Å². The second-order valence-corrected chi connectivity index (χ2v) is 7.40. The van der Waals surface area contributed by atoms with Crippen LogP contribution in [0.15, 0.2) is 15.6 Å². The van der Waals surface area contributed by atoms with Gasteiger partial charge in [0.1, 0.15) is 4.90 Å². The number of sulfonamides is 1. The lowest BCUT2D eigenvalue weighted by Crippen LogP contribution is -2.41. The second-order valence-electron chi connectivity index (χ2n) is 4.93. The molecule has 0 amide bonds. The van der Waals surface area contributed by atoms with Gasteiger partial charge in [0.25, 0.3) is 0 Å². The van der Waals surface area contributed by atoms with Crippen LogP contribution in [0.25, 0.3) is 0 Å². The topological polar surface area (TPSA) is 68.3 Å². The van der Waals surface area contributed by atoms with Crippen molar-refractivity contribution in [3.8, 4) is 5.88 Å². The monoisotopic (exact) mass is 336 g/mol. The highest BCUT2D eigenvalue weighted by Crippen LogP contribution is 2.30. The molecule has 0 bridgehead atoms. The second kappa shape index (κ2) is 5.14. The Hall–Kier alpha value is -0.660. The van der Waals surface area contributed by atoms with Gasteiger partial charge in [-0.15, -0.1) is 0 Å². The molecule has 0 aliphatic rings. The molecular formula is C11H17BrN2O3S. The van der Waals surface area contributed by atoms with Crippen molar-refractivity contribution in [3.63, 3.8) is 0 Å². The Morgan fingerprint density at radius 3 is 2.39 bits per heavy atom. The summed E-state index contributed by atoms with van der Waals surface area (Å²) in [4.78, 5) is 4.03. The van der Waals surface area contributed by atoms with E-state index in [1.165, 1.54) is 13.3 Å². The maximum atomic E-state index is 12.3. The molecule has 0 radical (unpaired) electrons. The van der Waals surface area contributed by atoms with Gasteiger partial charge in [-0.05, 0) is 49.2 Å². The molecule has 0 saturated carbocycles. The number of rotatable bonds is 3. The Morgan fingerprint density at radius 1 is 1.39 bits per heavy atom. The summed E-state index contributed by atoms with van der Waals surface area (Å²) in [5.41, 5.74) is -0.00268. The van der Waals surface area contributed by atoms with Crippen LogP contribution in [-0.4, -0.2) is 26.1 Å². The first-order chi connectivity index (χ1) is 8.08. The molecule has 0 aliphatic carbocycles. The minimum Gasteiger partial charge on any atom is -0.480 e. The van der Waals surface area contributed by atoms with E-state index in [2.05, 4.69) is 25.6 Å². The molecule has 5 nitrogen and oxygen atoms in total. The average Bonchev–Trinajstić information content (AvgIpc) is 2.17. The fraction of sp³-hybridized carbons (Fsp3) is 0.545. The van der Waals surface area contributed by atoms with Crippen LogP contribution in [0.4, 0.5) is 0 Å². The lowest BCUT2D eigenvalue weighted by Gasteiger charge is -2.22. The summed E-state index contributed by atoms with van der Waals surface area (Å²) in [6.07, 6.45) is 1.52. The number of pyridine rings is 1. The van der Waals surface area contributed by atoms with E-state index >= 15 is 0 Å². The van der Waals surface area contributed by atoms with Crippen molar-refractivity contribution in [3.05, 3.63) is 16.2 Å². The molecule has 1 aromatic rings. The van der Waals surface area contributed by atoms with Crippen molar-refractivity contribution in [1.29, 1.82) is 0 Å². The fourth-order valence-electron chi connectivity index (χ4n) is 1.46. The van der Waals surface area contributed by atoms with E-state index in [0.717, 1.165) is 0 Å². The standard InChI is InChI=1S/C11H17BrN2O3S/c1-7-8(12)6-13-10(17-5)9(7)18(15,16)14-11(2,3)4/h6,14H,1-5H3. The molecule has 0 atom stereocenters. The van der Waals surface area contributed by atoms with Gasteiger partial charge in [0, 0.05) is 16.2 Å². The quantitative estimate of drug-likeness (QED) is 0.918. The third-order valence-electron chi connectivity index (χ3n) is 2.09. The predicted molar refractivity (Wildman–Crippen MR) is 73.3 cm³/mol. The zero-order chi connectivity index (χ0) is 14.1. The van der Waals surface area contributed by atoms with Crippen molar-refractivity contribution in [2.75, 3.05) is 7.11 Å². The molecule has 0 aliphatic heterocycles. The zero-order valence-corrected chi connectivity index (χ0v) is 13.4. The number of nitrogens with zero attached hydrogens (tertiary/aromatic N) is 1. The molecule has 1 heterocycles. The largest absolute Gasteiger partial charge is 0.480 e. The number of hydrogen-bond donors (Lipinski definition) is 1. The van der Waals surface area contributed by atoms with Crippen LogP contribution >= 0.6 is 15.9 Å². The molecule has 1 rings (SSSR count). The summed E-state index contributed by atoms with van der Waals surface area (Å²) in [5.74, 6) is 0.0902. The van der Waals surface area contributed by atoms with Gasteiger partial charge in [-0.25, -0.2) is 18.1 Å². The maximum absolute atomic E-state index is 12.3. The minimum atomic E-state index is -3.68. The van der Waals surface area contributed by atoms with Gasteiger partial charge >= 0.3 is 0 Å². The number of halogens is 1. The summed E-state index contributed by atoms with van der Waals surface area (Å²) < 4.78 is 32.9. The van der Waals surface area contributed by atoms with Crippen LogP contribution in [0.2, 0.25) is 0 Å². The molecule has 102 valence electrons. The molecule has 18 heavy (non-hydrogen) atoms. The molecule has 0 fully saturated rings. The summed E-state index contributed by atoms with van der Waals surface area (Å²) in [5, 5.41) is 0. The molecular weight excluding hydrogens is 320 g/mol. The van der Waals surface area contributed by atoms with E-state index in [1.807, 2.05) is 0 Å². The van der Waals surface area contributed by atoms with E-state index in [-0.39, 0.29) is 10.8 Å². The Bertz CT molecular complexity index is 550. The Balaban J connectivity index is 3.45. The average molecular weight is 337 g/mol. The van der Waals surface area contributed by atoms with Crippen LogP contribution in [-0.2, 0) is 10.0 Å². The minimum absolute atomic E-state index is 0.0642. The highest BCUT2D eigenvalue weighted by molar-refractivity contribution is 9.10. The van der Waals surface area contributed by atoms with Crippen molar-refractivity contribution < 1.29 is 13.2 Å². The lowest BCUT2D eigenvalue weighted by atomic mass is 10.1. The van der Waals surface area contributed by atoms with Gasteiger partial charge in [0.2, 0.25) is 15.9 Å². The van der Waals surface area contributed by atoms with Gasteiger partial charge in [-0.3, -0.25) is 0 Å². The number of aromatic nitrogens is 1. The van der Waals surface area contributed by atoms with Crippen molar-refractivity contribution in [2.24, 2.45) is 0 Å². The Morgan fingerprint density at radius 2 is 1.94 bits per heavy atom. The van der Waals surface area contributed by atoms with Crippen LogP contribution in [0.5, 0.6) is 5.88 Å². The summed E-state index contributed by atoms with van der Waals surface area (Å²) >= 11 is 3.27. The Labute approximate surface area is 116 Å². The van der Waals surface area contributed by atoms with E-state index in [9.17, 15) is 8.42 Å². The Kier molecular flexibility index (Phi) is 4.40. The summed E-state index contributed by atoms with van der Waals surface area (Å²) in [6.45, 7) is 7.03. The van der Waals surface area contributed by atoms with E-state index in [4.69, 9.17) is 4.74 Å². The van der Waals surface area contributed by atoms with Crippen molar-refractivity contribution in [1.82, 2.24) is 9.71 Å². The molecule has 0 unspecified atom stereocenters. The number of ether oxygens (including phenoxy) is 1. The van der Waals surface area contributed by atoms with Crippen LogP contribution in [0.3, 0.4) is 0 Å². The molecule has 0 aromatic carbocycles. The van der Waals surface area contributed by atoms with E-state index in [1.54, 1.807) is 27.7 Å². The predicted octanol–water partition coefficient (Wildman–Crippen LogP) is 2.24. The summed E-state index contributed by atoms with van der Waals surface area (Å²) in [7, 11) is -2.29. The zero-order valence-electron chi connectivity index (χ0n) is 11.0. The molecule has 7 heteroatoms. The molecule has 1 N–H and O–H groups in total. The highest BCUT2D eigenvalue weighted by atomic mass is 79.9. The molecule has 0 saturated heterocycles. The fourth-order valence-corrected chi connectivity index (χ4v) is 3.67. The number of methoxy groups -OCH3 is 1. The maximum Gasteiger partial charge on any atom is 0.246 e. The highest BCUT2D eigenvalue weighted by Gasteiger charge is 2.28. The van der Waals surface area contributed by atoms with Crippen LogP contribution in [0, 0.1) is 6.92 Å². The van der Waals surface area contributed by atoms with Gasteiger partial charge < -0.3 is 4.74 Å². The van der Waals surface area contributed by atoms with E-state index in [0.29, 0.717) is 10.0 Å². The van der Waals surface area contributed by atoms with E-state index < -0.39 is 15.6 Å². The normalized spacial score (nSPS) is 12.6. The first-order valence-electron chi connectivity index (χ1n) is 5.31. The van der Waals surface area contributed by atoms with Crippen molar-refractivity contribution in [2.45, 2.75) is 38.1 Å². The SMILES string of the molecule is COc1ncc(Br)c(C)c1S(=O)(=O)NC(C)(C)C. The van der Waals surface area contributed by atoms with Crippen LogP contribution < -0.4 is 9.46 Å². The lowest BCUT2D eigenvalue weighted by molar-refractivity contribution is 0.382.